The highest BCUT2D eigenvalue weighted by Crippen LogP contribution is 2.13. The van der Waals surface area contributed by atoms with Crippen LogP contribution in [-0.2, 0) is 4.79 Å². The number of carbonyl (C=O) groups is 1. The highest BCUT2D eigenvalue weighted by molar-refractivity contribution is 5.82. The van der Waals surface area contributed by atoms with E-state index in [1.807, 2.05) is 0 Å². The van der Waals surface area contributed by atoms with Crippen LogP contribution < -0.4 is 15.4 Å². The molecule has 1 aromatic rings. The summed E-state index contributed by atoms with van der Waals surface area (Å²) in [6, 6.07) is 8.92. The van der Waals surface area contributed by atoms with Crippen LogP contribution in [-0.4, -0.2) is 31.6 Å². The third-order valence-electron chi connectivity index (χ3n) is 3.47. The maximum absolute atomic E-state index is 11.7. The predicted molar refractivity (Wildman–Crippen MR) is 75.2 cm³/mol. The number of rotatable bonds is 5. The minimum absolute atomic E-state index is 0.0714. The monoisotopic (exact) mass is 273 g/mol. The molecule has 0 radical (unpaired) electrons. The summed E-state index contributed by atoms with van der Waals surface area (Å²) in [5.41, 5.74) is 0.614. The number of nitrogens with one attached hydrogen (secondary N) is 2. The summed E-state index contributed by atoms with van der Waals surface area (Å²) in [5.74, 6) is 1.15. The summed E-state index contributed by atoms with van der Waals surface area (Å²) < 4.78 is 5.56. The topological polar surface area (TPSA) is 74.2 Å². The lowest BCUT2D eigenvalue weighted by molar-refractivity contribution is -0.126. The maximum Gasteiger partial charge on any atom is 0.237 e. The fraction of sp³-hybridized carbons (Fsp3) is 0.467. The molecule has 0 aromatic heterocycles. The Morgan fingerprint density at radius 1 is 1.45 bits per heavy atom. The van der Waals surface area contributed by atoms with Crippen LogP contribution in [0, 0.1) is 17.2 Å². The van der Waals surface area contributed by atoms with Gasteiger partial charge < -0.3 is 15.4 Å². The number of carbonyl (C=O) groups excluding carboxylic acids is 1. The number of amides is 1. The lowest BCUT2D eigenvalue weighted by Gasteiger charge is -2.29. The maximum atomic E-state index is 11.7. The van der Waals surface area contributed by atoms with E-state index in [2.05, 4.69) is 23.6 Å². The Bertz CT molecular complexity index is 493. The van der Waals surface area contributed by atoms with Crippen LogP contribution in [0.2, 0.25) is 0 Å². The number of benzene rings is 1. The van der Waals surface area contributed by atoms with Gasteiger partial charge in [-0.3, -0.25) is 4.79 Å². The second kappa shape index (κ2) is 6.92. The van der Waals surface area contributed by atoms with Crippen molar-refractivity contribution in [1.29, 1.82) is 5.26 Å². The summed E-state index contributed by atoms with van der Waals surface area (Å²) in [6.07, 6.45) is 1.000. The van der Waals surface area contributed by atoms with Crippen molar-refractivity contribution in [2.24, 2.45) is 5.92 Å². The van der Waals surface area contributed by atoms with Crippen molar-refractivity contribution in [3.63, 3.8) is 0 Å². The van der Waals surface area contributed by atoms with E-state index in [1.165, 1.54) is 0 Å². The molecule has 2 N–H and O–H groups in total. The van der Waals surface area contributed by atoms with Gasteiger partial charge in [-0.2, -0.15) is 5.26 Å². The van der Waals surface area contributed by atoms with E-state index in [9.17, 15) is 4.79 Å². The molecular weight excluding hydrogens is 254 g/mol. The van der Waals surface area contributed by atoms with E-state index in [4.69, 9.17) is 10.00 Å². The van der Waals surface area contributed by atoms with Crippen molar-refractivity contribution in [3.05, 3.63) is 29.8 Å². The zero-order valence-electron chi connectivity index (χ0n) is 11.6. The van der Waals surface area contributed by atoms with Crippen LogP contribution in [0.4, 0.5) is 0 Å². The first-order valence-corrected chi connectivity index (χ1v) is 6.85. The molecule has 5 heteroatoms. The fourth-order valence-electron chi connectivity index (χ4n) is 2.26. The molecule has 1 fully saturated rings. The van der Waals surface area contributed by atoms with Crippen LogP contribution in [0.5, 0.6) is 5.75 Å². The van der Waals surface area contributed by atoms with Gasteiger partial charge in [-0.25, -0.2) is 0 Å². The molecule has 2 atom stereocenters. The normalized spacial score (nSPS) is 21.9. The minimum atomic E-state index is -0.131. The van der Waals surface area contributed by atoms with Crippen LogP contribution in [0.25, 0.3) is 0 Å². The molecular formula is C15H19N3O2. The smallest absolute Gasteiger partial charge is 0.237 e. The van der Waals surface area contributed by atoms with E-state index < -0.39 is 0 Å². The first-order valence-electron chi connectivity index (χ1n) is 6.85. The molecule has 1 saturated heterocycles. The van der Waals surface area contributed by atoms with Crippen molar-refractivity contribution in [2.45, 2.75) is 19.4 Å². The first kappa shape index (κ1) is 14.4. The SMILES string of the molecule is CC1CCNC(=O)C1NCCOc1ccc(C#N)cc1. The zero-order valence-corrected chi connectivity index (χ0v) is 11.6. The van der Waals surface area contributed by atoms with Gasteiger partial charge in [-0.1, -0.05) is 6.92 Å². The number of nitriles is 1. The highest BCUT2D eigenvalue weighted by atomic mass is 16.5. The summed E-state index contributed by atoms with van der Waals surface area (Å²) in [6.45, 7) is 3.95. The molecule has 1 aromatic carbocycles. The molecule has 0 spiro atoms. The Morgan fingerprint density at radius 2 is 2.20 bits per heavy atom. The van der Waals surface area contributed by atoms with Crippen molar-refractivity contribution >= 4 is 5.91 Å². The predicted octanol–water partition coefficient (Wildman–Crippen LogP) is 1.05. The number of piperidine rings is 1. The van der Waals surface area contributed by atoms with E-state index >= 15 is 0 Å². The van der Waals surface area contributed by atoms with Crippen molar-refractivity contribution in [1.82, 2.24) is 10.6 Å². The number of hydrogen-bond acceptors (Lipinski definition) is 4. The Kier molecular flexibility index (Phi) is 4.97. The van der Waals surface area contributed by atoms with E-state index in [-0.39, 0.29) is 11.9 Å². The Hall–Kier alpha value is -2.06. The van der Waals surface area contributed by atoms with Gasteiger partial charge >= 0.3 is 0 Å². The number of ether oxygens (including phenoxy) is 1. The molecule has 1 amide bonds. The standard InChI is InChI=1S/C15H19N3O2/c1-11-6-7-18-15(19)14(11)17-8-9-20-13-4-2-12(10-16)3-5-13/h2-5,11,14,17H,6-9H2,1H3,(H,18,19). The summed E-state index contributed by atoms with van der Waals surface area (Å²) in [7, 11) is 0. The molecule has 0 bridgehead atoms. The fourth-order valence-corrected chi connectivity index (χ4v) is 2.26. The van der Waals surface area contributed by atoms with Crippen molar-refractivity contribution < 1.29 is 9.53 Å². The minimum Gasteiger partial charge on any atom is -0.492 e. The lowest BCUT2D eigenvalue weighted by atomic mass is 9.94. The molecule has 0 saturated carbocycles. The van der Waals surface area contributed by atoms with Gasteiger partial charge in [0.2, 0.25) is 5.91 Å². The Labute approximate surface area is 118 Å². The van der Waals surface area contributed by atoms with Crippen molar-refractivity contribution in [3.8, 4) is 11.8 Å². The molecule has 106 valence electrons. The molecule has 0 aliphatic carbocycles. The van der Waals surface area contributed by atoms with Crippen LogP contribution in [0.3, 0.4) is 0 Å². The van der Waals surface area contributed by atoms with Crippen LogP contribution in [0.15, 0.2) is 24.3 Å². The van der Waals surface area contributed by atoms with Gasteiger partial charge in [0, 0.05) is 13.1 Å². The highest BCUT2D eigenvalue weighted by Gasteiger charge is 2.27. The number of nitrogens with zero attached hydrogens (tertiary/aromatic N) is 1. The molecule has 20 heavy (non-hydrogen) atoms. The van der Waals surface area contributed by atoms with Crippen LogP contribution >= 0.6 is 0 Å². The number of hydrogen-bond donors (Lipinski definition) is 2. The van der Waals surface area contributed by atoms with Gasteiger partial charge in [0.25, 0.3) is 0 Å². The second-order valence-corrected chi connectivity index (χ2v) is 4.97. The molecule has 1 heterocycles. The zero-order chi connectivity index (χ0) is 14.4. The summed E-state index contributed by atoms with van der Waals surface area (Å²) >= 11 is 0. The average Bonchev–Trinajstić information content (AvgIpc) is 2.46. The van der Waals surface area contributed by atoms with Crippen LogP contribution in [0.1, 0.15) is 18.9 Å². The van der Waals surface area contributed by atoms with Gasteiger partial charge in [-0.15, -0.1) is 0 Å². The summed E-state index contributed by atoms with van der Waals surface area (Å²) in [4.78, 5) is 11.7. The third-order valence-corrected chi connectivity index (χ3v) is 3.47. The summed E-state index contributed by atoms with van der Waals surface area (Å²) in [5, 5.41) is 14.8. The quantitative estimate of drug-likeness (QED) is 0.786. The van der Waals surface area contributed by atoms with Gasteiger partial charge in [0.1, 0.15) is 12.4 Å². The molecule has 1 aliphatic heterocycles. The lowest BCUT2D eigenvalue weighted by Crippen LogP contribution is -2.53. The Balaban J connectivity index is 1.73. The largest absolute Gasteiger partial charge is 0.492 e. The van der Waals surface area contributed by atoms with Gasteiger partial charge in [-0.05, 0) is 36.6 Å². The van der Waals surface area contributed by atoms with Gasteiger partial charge in [0.05, 0.1) is 17.7 Å². The molecule has 5 nitrogen and oxygen atoms in total. The second-order valence-electron chi connectivity index (χ2n) is 4.97. The molecule has 1 aliphatic rings. The molecule has 2 rings (SSSR count). The Morgan fingerprint density at radius 3 is 2.85 bits per heavy atom. The first-order chi connectivity index (χ1) is 9.70. The van der Waals surface area contributed by atoms with E-state index in [0.29, 0.717) is 24.6 Å². The van der Waals surface area contributed by atoms with E-state index in [1.54, 1.807) is 24.3 Å². The van der Waals surface area contributed by atoms with E-state index in [0.717, 1.165) is 18.7 Å². The van der Waals surface area contributed by atoms with Gasteiger partial charge in [0.15, 0.2) is 0 Å². The van der Waals surface area contributed by atoms with Crippen molar-refractivity contribution in [2.75, 3.05) is 19.7 Å². The molecule has 2 unspecified atom stereocenters. The average molecular weight is 273 g/mol. The third kappa shape index (κ3) is 3.72.